The van der Waals surface area contributed by atoms with Crippen LogP contribution in [0.3, 0.4) is 0 Å². The predicted molar refractivity (Wildman–Crippen MR) is 111 cm³/mol. The van der Waals surface area contributed by atoms with Crippen LogP contribution in [0.2, 0.25) is 0 Å². The topological polar surface area (TPSA) is 65.1 Å². The first-order chi connectivity index (χ1) is 14.1. The molecule has 7 heteroatoms. The molecule has 1 aromatic heterocycles. The maximum absolute atomic E-state index is 12.6. The molecule has 1 aromatic carbocycles. The van der Waals surface area contributed by atoms with Crippen LogP contribution in [0.5, 0.6) is 11.5 Å². The van der Waals surface area contributed by atoms with E-state index < -0.39 is 12.1 Å². The second-order valence-corrected chi connectivity index (χ2v) is 8.39. The Morgan fingerprint density at radius 3 is 2.48 bits per heavy atom. The fourth-order valence-electron chi connectivity index (χ4n) is 3.62. The standard InChI is InChI=1S/C22H25NO5S/c1-15(21(24)23-10-4-2-3-5-11-23)28-22(25)20-9-8-19(29-20)16-6-7-17-18(14-16)27-13-12-26-17/h6-9,14-15H,2-5,10-13H2,1H3. The van der Waals surface area contributed by atoms with Crippen molar-refractivity contribution in [3.8, 4) is 21.9 Å². The predicted octanol–water partition coefficient (Wildman–Crippen LogP) is 4.13. The van der Waals surface area contributed by atoms with Crippen molar-refractivity contribution in [2.45, 2.75) is 38.7 Å². The summed E-state index contributed by atoms with van der Waals surface area (Å²) in [5.74, 6) is 0.873. The molecule has 0 aliphatic carbocycles. The SMILES string of the molecule is CC(OC(=O)c1ccc(-c2ccc3c(c2)OCCO3)s1)C(=O)N1CCCCCC1. The van der Waals surface area contributed by atoms with E-state index in [4.69, 9.17) is 14.2 Å². The van der Waals surface area contributed by atoms with Crippen LogP contribution < -0.4 is 9.47 Å². The van der Waals surface area contributed by atoms with Gasteiger partial charge in [-0.15, -0.1) is 11.3 Å². The molecule has 1 fully saturated rings. The fraction of sp³-hybridized carbons (Fsp3) is 0.455. The van der Waals surface area contributed by atoms with E-state index in [-0.39, 0.29) is 5.91 Å². The number of rotatable bonds is 4. The quantitative estimate of drug-likeness (QED) is 0.703. The van der Waals surface area contributed by atoms with Gasteiger partial charge in [0.05, 0.1) is 0 Å². The second-order valence-electron chi connectivity index (χ2n) is 7.31. The Labute approximate surface area is 174 Å². The summed E-state index contributed by atoms with van der Waals surface area (Å²) in [5, 5.41) is 0. The maximum Gasteiger partial charge on any atom is 0.349 e. The van der Waals surface area contributed by atoms with E-state index >= 15 is 0 Å². The molecule has 1 atom stereocenters. The van der Waals surface area contributed by atoms with Crippen LogP contribution >= 0.6 is 11.3 Å². The number of benzene rings is 1. The van der Waals surface area contributed by atoms with Crippen molar-refractivity contribution in [3.05, 3.63) is 35.2 Å². The van der Waals surface area contributed by atoms with Gasteiger partial charge in [0.2, 0.25) is 0 Å². The lowest BCUT2D eigenvalue weighted by Gasteiger charge is -2.23. The number of carbonyl (C=O) groups is 2. The number of esters is 1. The monoisotopic (exact) mass is 415 g/mol. The highest BCUT2D eigenvalue weighted by Crippen LogP contribution is 2.37. The van der Waals surface area contributed by atoms with Crippen molar-refractivity contribution in [1.29, 1.82) is 0 Å². The lowest BCUT2D eigenvalue weighted by molar-refractivity contribution is -0.139. The zero-order valence-electron chi connectivity index (χ0n) is 16.5. The number of fused-ring (bicyclic) bond motifs is 1. The third-order valence-corrected chi connectivity index (χ3v) is 6.30. The lowest BCUT2D eigenvalue weighted by Crippen LogP contribution is -2.40. The van der Waals surface area contributed by atoms with Crippen molar-refractivity contribution in [2.24, 2.45) is 0 Å². The molecule has 1 amide bonds. The third-order valence-electron chi connectivity index (χ3n) is 5.18. The van der Waals surface area contributed by atoms with Crippen LogP contribution in [0.1, 0.15) is 42.3 Å². The third kappa shape index (κ3) is 4.56. The fourth-order valence-corrected chi connectivity index (χ4v) is 4.50. The van der Waals surface area contributed by atoms with Crippen molar-refractivity contribution in [1.82, 2.24) is 4.90 Å². The number of hydrogen-bond donors (Lipinski definition) is 0. The molecule has 154 valence electrons. The molecule has 0 radical (unpaired) electrons. The van der Waals surface area contributed by atoms with Crippen molar-refractivity contribution in [3.63, 3.8) is 0 Å². The van der Waals surface area contributed by atoms with Crippen LogP contribution in [0.4, 0.5) is 0 Å². The van der Waals surface area contributed by atoms with Crippen LogP contribution in [0, 0.1) is 0 Å². The summed E-state index contributed by atoms with van der Waals surface area (Å²) in [6.07, 6.45) is 3.54. The summed E-state index contributed by atoms with van der Waals surface area (Å²) in [4.78, 5) is 28.4. The zero-order chi connectivity index (χ0) is 20.2. The highest BCUT2D eigenvalue weighted by molar-refractivity contribution is 7.17. The minimum atomic E-state index is -0.777. The molecule has 0 N–H and O–H groups in total. The second kappa shape index (κ2) is 8.86. The van der Waals surface area contributed by atoms with Gasteiger partial charge in [0.1, 0.15) is 18.1 Å². The van der Waals surface area contributed by atoms with Crippen LogP contribution in [-0.4, -0.2) is 49.2 Å². The normalized spacial score (nSPS) is 17.3. The highest BCUT2D eigenvalue weighted by atomic mass is 32.1. The Bertz CT molecular complexity index is 885. The average Bonchev–Trinajstić information content (AvgIpc) is 3.09. The van der Waals surface area contributed by atoms with Gasteiger partial charge in [0, 0.05) is 18.0 Å². The number of likely N-dealkylation sites (tertiary alicyclic amines) is 1. The molecule has 2 aromatic rings. The minimum Gasteiger partial charge on any atom is -0.486 e. The molecule has 1 unspecified atom stereocenters. The molecule has 0 saturated carbocycles. The molecule has 3 heterocycles. The summed E-state index contributed by atoms with van der Waals surface area (Å²) in [7, 11) is 0. The summed E-state index contributed by atoms with van der Waals surface area (Å²) in [6, 6.07) is 9.36. The van der Waals surface area contributed by atoms with Crippen molar-refractivity contribution in [2.75, 3.05) is 26.3 Å². The Kier molecular flexibility index (Phi) is 6.04. The highest BCUT2D eigenvalue weighted by Gasteiger charge is 2.25. The zero-order valence-corrected chi connectivity index (χ0v) is 17.3. The molecule has 0 spiro atoms. The minimum absolute atomic E-state index is 0.108. The van der Waals surface area contributed by atoms with Crippen LogP contribution in [0.25, 0.3) is 10.4 Å². The van der Waals surface area contributed by atoms with E-state index in [1.165, 1.54) is 11.3 Å². The van der Waals surface area contributed by atoms with Crippen LogP contribution in [0.15, 0.2) is 30.3 Å². The number of thiophene rings is 1. The van der Waals surface area contributed by atoms with Gasteiger partial charge in [-0.2, -0.15) is 0 Å². The Morgan fingerprint density at radius 1 is 1.00 bits per heavy atom. The first kappa shape index (κ1) is 19.8. The van der Waals surface area contributed by atoms with E-state index in [2.05, 4.69) is 0 Å². The molecule has 29 heavy (non-hydrogen) atoms. The Morgan fingerprint density at radius 2 is 1.72 bits per heavy atom. The molecule has 0 bridgehead atoms. The smallest absolute Gasteiger partial charge is 0.349 e. The van der Waals surface area contributed by atoms with Crippen LogP contribution in [-0.2, 0) is 9.53 Å². The van der Waals surface area contributed by atoms with E-state index in [9.17, 15) is 9.59 Å². The molecule has 2 aliphatic rings. The summed E-state index contributed by atoms with van der Waals surface area (Å²) in [5.41, 5.74) is 0.951. The van der Waals surface area contributed by atoms with Gasteiger partial charge in [0.25, 0.3) is 5.91 Å². The van der Waals surface area contributed by atoms with E-state index in [0.717, 1.165) is 55.0 Å². The van der Waals surface area contributed by atoms with E-state index in [1.807, 2.05) is 29.2 Å². The molecule has 1 saturated heterocycles. The van der Waals surface area contributed by atoms with Crippen molar-refractivity contribution >= 4 is 23.2 Å². The number of carbonyl (C=O) groups excluding carboxylic acids is 2. The maximum atomic E-state index is 12.6. The summed E-state index contributed by atoms with van der Waals surface area (Å²) >= 11 is 1.34. The summed E-state index contributed by atoms with van der Waals surface area (Å²) < 4.78 is 16.6. The lowest BCUT2D eigenvalue weighted by atomic mass is 10.1. The summed E-state index contributed by atoms with van der Waals surface area (Å²) in [6.45, 7) is 4.22. The number of hydrogen-bond acceptors (Lipinski definition) is 6. The average molecular weight is 416 g/mol. The van der Waals surface area contributed by atoms with E-state index in [0.29, 0.717) is 23.8 Å². The molecule has 6 nitrogen and oxygen atoms in total. The Hall–Kier alpha value is -2.54. The van der Waals surface area contributed by atoms with Gasteiger partial charge in [0.15, 0.2) is 17.6 Å². The Balaban J connectivity index is 1.41. The number of amides is 1. The largest absolute Gasteiger partial charge is 0.486 e. The molecule has 4 rings (SSSR count). The molecular formula is C22H25NO5S. The van der Waals surface area contributed by atoms with Gasteiger partial charge in [-0.3, -0.25) is 4.79 Å². The van der Waals surface area contributed by atoms with Crippen molar-refractivity contribution < 1.29 is 23.8 Å². The van der Waals surface area contributed by atoms with Gasteiger partial charge in [-0.25, -0.2) is 4.79 Å². The van der Waals surface area contributed by atoms with Gasteiger partial charge >= 0.3 is 5.97 Å². The number of ether oxygens (including phenoxy) is 3. The first-order valence-electron chi connectivity index (χ1n) is 10.1. The molecule has 2 aliphatic heterocycles. The van der Waals surface area contributed by atoms with E-state index in [1.54, 1.807) is 13.0 Å². The first-order valence-corrected chi connectivity index (χ1v) is 10.9. The number of nitrogens with zero attached hydrogens (tertiary/aromatic N) is 1. The van der Waals surface area contributed by atoms with Gasteiger partial charge in [-0.1, -0.05) is 12.8 Å². The van der Waals surface area contributed by atoms with Gasteiger partial charge in [-0.05, 0) is 55.7 Å². The molecular weight excluding hydrogens is 390 g/mol. The van der Waals surface area contributed by atoms with Gasteiger partial charge < -0.3 is 19.1 Å².